The summed E-state index contributed by atoms with van der Waals surface area (Å²) in [6.07, 6.45) is 6.81. The molecule has 0 heterocycles. The lowest BCUT2D eigenvalue weighted by Gasteiger charge is -2.26. The van der Waals surface area contributed by atoms with Crippen LogP contribution in [0.5, 0.6) is 28.7 Å². The van der Waals surface area contributed by atoms with Crippen LogP contribution in [0.3, 0.4) is 0 Å². The molecule has 236 valence electrons. The van der Waals surface area contributed by atoms with E-state index < -0.39 is 16.8 Å². The lowest BCUT2D eigenvalue weighted by Crippen LogP contribution is -2.15. The highest BCUT2D eigenvalue weighted by molar-refractivity contribution is 6.40. The number of aliphatic imine (C=N–C) groups is 1. The van der Waals surface area contributed by atoms with Gasteiger partial charge >= 0.3 is 0 Å². The van der Waals surface area contributed by atoms with Crippen molar-refractivity contribution in [2.24, 2.45) is 4.99 Å². The van der Waals surface area contributed by atoms with Crippen molar-refractivity contribution in [2.75, 3.05) is 39.7 Å². The highest BCUT2D eigenvalue weighted by Gasteiger charge is 2.36. The van der Waals surface area contributed by atoms with E-state index in [1.54, 1.807) is 12.2 Å². The van der Waals surface area contributed by atoms with Gasteiger partial charge in [-0.3, -0.25) is 14.6 Å². The zero-order valence-electron chi connectivity index (χ0n) is 26.6. The van der Waals surface area contributed by atoms with Gasteiger partial charge in [-0.2, -0.15) is 0 Å². The van der Waals surface area contributed by atoms with Crippen LogP contribution in [0.2, 0.25) is 0 Å². The molecule has 1 aliphatic rings. The first kappa shape index (κ1) is 30.7. The largest absolute Gasteiger partial charge is 0.505 e. The maximum Gasteiger partial charge on any atom is 0.194 e. The Bertz CT molecular complexity index is 2270. The maximum absolute atomic E-state index is 13.9. The Morgan fingerprint density at radius 1 is 0.848 bits per heavy atom. The number of allylic oxidation sites excluding steroid dienone is 1. The summed E-state index contributed by atoms with van der Waals surface area (Å²) in [5.41, 5.74) is 2.31. The molecule has 0 spiro atoms. The minimum Gasteiger partial charge on any atom is -0.505 e. The zero-order chi connectivity index (χ0) is 33.0. The molecule has 6 rings (SSSR count). The van der Waals surface area contributed by atoms with E-state index in [1.165, 1.54) is 33.5 Å². The number of rotatable bonds is 11. The van der Waals surface area contributed by atoms with Gasteiger partial charge in [0, 0.05) is 74.9 Å². The SMILES string of the molecule is C=CCC/N=C(\C)C1C(C)=Cc2c(NCCC=C)c(O)c3c(=O)cc(OC)c4c5c(OC)cc(=O)c6c(O)c(OC)c1c(c2c34)c65. The van der Waals surface area contributed by atoms with E-state index in [0.717, 1.165) is 11.3 Å². The molecule has 1 aliphatic carbocycles. The number of nitrogens with one attached hydrogen (secondary N) is 1. The number of aromatic hydroxyl groups is 2. The number of hydrogen-bond acceptors (Lipinski definition) is 9. The Kier molecular flexibility index (Phi) is 7.72. The number of fused-ring (bicyclic) bond motifs is 1. The number of methoxy groups -OCH3 is 3. The molecule has 5 aromatic rings. The third kappa shape index (κ3) is 4.18. The molecule has 0 fully saturated rings. The molecule has 9 nitrogen and oxygen atoms in total. The number of anilines is 1. The van der Waals surface area contributed by atoms with Crippen LogP contribution in [0.25, 0.3) is 49.2 Å². The molecule has 5 aromatic carbocycles. The van der Waals surface area contributed by atoms with Gasteiger partial charge in [0.2, 0.25) is 0 Å². The molecule has 46 heavy (non-hydrogen) atoms. The van der Waals surface area contributed by atoms with Gasteiger partial charge in [0.05, 0.1) is 37.8 Å². The van der Waals surface area contributed by atoms with Crippen LogP contribution in [0.4, 0.5) is 5.69 Å². The molecule has 1 unspecified atom stereocenters. The standard InChI is InChI=1S/C37H36N2O7/c1-8-10-12-38-18(4)24-17(3)14-19-25-30-26(35(42)34(19)39-13-11-9-2)20(40)15-22(44-5)28(30)29-23(45-6)16-21(41)27-32(29)31(25)33(24)37(46-7)36(27)43/h8-9,14-16,24,39,42-43H,1-2,10-13H2,3-7H3/b38-18+. The van der Waals surface area contributed by atoms with Crippen molar-refractivity contribution in [3.05, 3.63) is 74.6 Å². The van der Waals surface area contributed by atoms with E-state index in [2.05, 4.69) is 18.5 Å². The van der Waals surface area contributed by atoms with Crippen LogP contribution in [0, 0.1) is 0 Å². The second-order valence-electron chi connectivity index (χ2n) is 11.5. The van der Waals surface area contributed by atoms with Gasteiger partial charge in [-0.1, -0.05) is 23.8 Å². The first-order valence-corrected chi connectivity index (χ1v) is 15.1. The zero-order valence-corrected chi connectivity index (χ0v) is 26.6. The number of hydrogen-bond donors (Lipinski definition) is 3. The number of phenols is 2. The number of phenolic OH excluding ortho intramolecular Hbond substituents is 2. The van der Waals surface area contributed by atoms with Gasteiger partial charge < -0.3 is 29.7 Å². The number of benzene rings is 5. The van der Waals surface area contributed by atoms with Crippen molar-refractivity contribution in [3.63, 3.8) is 0 Å². The fourth-order valence-corrected chi connectivity index (χ4v) is 7.18. The summed E-state index contributed by atoms with van der Waals surface area (Å²) in [5.74, 6) is -0.371. The topological polar surface area (TPSA) is 127 Å². The Morgan fingerprint density at radius 2 is 1.43 bits per heavy atom. The van der Waals surface area contributed by atoms with Crippen molar-refractivity contribution in [1.82, 2.24) is 0 Å². The monoisotopic (exact) mass is 620 g/mol. The van der Waals surface area contributed by atoms with Gasteiger partial charge in [-0.25, -0.2) is 0 Å². The smallest absolute Gasteiger partial charge is 0.194 e. The van der Waals surface area contributed by atoms with Gasteiger partial charge in [0.1, 0.15) is 11.5 Å². The second-order valence-corrected chi connectivity index (χ2v) is 11.5. The Morgan fingerprint density at radius 3 is 2.00 bits per heavy atom. The molecule has 0 aliphatic heterocycles. The fourth-order valence-electron chi connectivity index (χ4n) is 7.18. The first-order chi connectivity index (χ1) is 22.2. The van der Waals surface area contributed by atoms with Crippen molar-refractivity contribution >= 4 is 60.6 Å². The van der Waals surface area contributed by atoms with E-state index in [1.807, 2.05) is 19.9 Å². The summed E-state index contributed by atoms with van der Waals surface area (Å²) >= 11 is 0. The van der Waals surface area contributed by atoms with Crippen molar-refractivity contribution in [3.8, 4) is 28.7 Å². The Balaban J connectivity index is 2.04. The van der Waals surface area contributed by atoms with Gasteiger partial charge in [0.25, 0.3) is 0 Å². The average Bonchev–Trinajstić information content (AvgIpc) is 3.16. The van der Waals surface area contributed by atoms with Crippen molar-refractivity contribution in [2.45, 2.75) is 32.6 Å². The van der Waals surface area contributed by atoms with Gasteiger partial charge in [0.15, 0.2) is 28.1 Å². The highest BCUT2D eigenvalue weighted by Crippen LogP contribution is 2.58. The molecule has 0 radical (unpaired) electrons. The normalized spacial score (nSPS) is 14.7. The van der Waals surface area contributed by atoms with E-state index >= 15 is 0 Å². The molecular formula is C37H36N2O7. The fraction of sp³-hybridized carbons (Fsp3) is 0.270. The first-order valence-electron chi connectivity index (χ1n) is 15.1. The summed E-state index contributed by atoms with van der Waals surface area (Å²) in [6, 6.07) is 2.65. The molecular weight excluding hydrogens is 584 g/mol. The highest BCUT2D eigenvalue weighted by atomic mass is 16.5. The van der Waals surface area contributed by atoms with Crippen LogP contribution in [-0.4, -0.2) is 50.3 Å². The minimum absolute atomic E-state index is 0.0539. The number of ether oxygens (including phenoxy) is 3. The molecule has 0 aromatic heterocycles. The van der Waals surface area contributed by atoms with Crippen LogP contribution >= 0.6 is 0 Å². The Hall–Kier alpha value is -5.31. The van der Waals surface area contributed by atoms with Gasteiger partial charge in [-0.15, -0.1) is 13.2 Å². The van der Waals surface area contributed by atoms with E-state index in [4.69, 9.17) is 19.2 Å². The predicted molar refractivity (Wildman–Crippen MR) is 187 cm³/mol. The predicted octanol–water partition coefficient (Wildman–Crippen LogP) is 6.86. The summed E-state index contributed by atoms with van der Waals surface area (Å²) < 4.78 is 17.5. The quantitative estimate of drug-likeness (QED) is 0.0365. The molecule has 0 saturated carbocycles. The van der Waals surface area contributed by atoms with Crippen molar-refractivity contribution in [1.29, 1.82) is 0 Å². The third-order valence-corrected chi connectivity index (χ3v) is 9.01. The number of nitrogens with zero attached hydrogens (tertiary/aromatic N) is 1. The molecule has 9 heteroatoms. The van der Waals surface area contributed by atoms with E-state index in [9.17, 15) is 19.8 Å². The third-order valence-electron chi connectivity index (χ3n) is 9.01. The van der Waals surface area contributed by atoms with Crippen LogP contribution in [0.15, 0.2) is 57.6 Å². The Labute approximate surface area is 265 Å². The van der Waals surface area contributed by atoms with Crippen molar-refractivity contribution < 1.29 is 24.4 Å². The summed E-state index contributed by atoms with van der Waals surface area (Å²) in [6.45, 7) is 12.5. The van der Waals surface area contributed by atoms with Crippen LogP contribution in [0.1, 0.15) is 43.7 Å². The lowest BCUT2D eigenvalue weighted by molar-refractivity contribution is 0.373. The minimum atomic E-state index is -0.497. The van der Waals surface area contributed by atoms with Crippen LogP contribution < -0.4 is 30.4 Å². The summed E-state index contributed by atoms with van der Waals surface area (Å²) in [7, 11) is 4.37. The lowest BCUT2D eigenvalue weighted by atomic mass is 9.80. The van der Waals surface area contributed by atoms with E-state index in [-0.39, 0.29) is 39.5 Å². The molecule has 0 saturated heterocycles. The van der Waals surface area contributed by atoms with Gasteiger partial charge in [-0.05, 0) is 32.1 Å². The second kappa shape index (κ2) is 11.6. The summed E-state index contributed by atoms with van der Waals surface area (Å²) in [4.78, 5) is 32.6. The van der Waals surface area contributed by atoms with Crippen LogP contribution in [-0.2, 0) is 0 Å². The molecule has 0 amide bonds. The maximum atomic E-state index is 13.9. The summed E-state index contributed by atoms with van der Waals surface area (Å²) in [5, 5.41) is 30.3. The molecule has 3 N–H and O–H groups in total. The molecule has 0 bridgehead atoms. The van der Waals surface area contributed by atoms with E-state index in [0.29, 0.717) is 75.1 Å². The molecule has 1 atom stereocenters. The average molecular weight is 621 g/mol.